The first-order valence-corrected chi connectivity index (χ1v) is 3.51. The molecule has 0 rings (SSSR count). The van der Waals surface area contributed by atoms with Crippen LogP contribution in [-0.2, 0) is 19.1 Å². The predicted octanol–water partition coefficient (Wildman–Crippen LogP) is 0.705. The van der Waals surface area contributed by atoms with E-state index in [1.54, 1.807) is 20.8 Å². The summed E-state index contributed by atoms with van der Waals surface area (Å²) in [6.07, 6.45) is 0.769. The smallest absolute Gasteiger partial charge is 0.322 e. The molecule has 0 saturated heterocycles. The van der Waals surface area contributed by atoms with Crippen molar-refractivity contribution >= 4 is 11.9 Å². The largest absolute Gasteiger partial charge is 0.468 e. The van der Waals surface area contributed by atoms with Gasteiger partial charge in [-0.25, -0.2) is 0 Å². The van der Waals surface area contributed by atoms with Crippen LogP contribution in [0.5, 0.6) is 0 Å². The maximum absolute atomic E-state index is 10.8. The van der Waals surface area contributed by atoms with Gasteiger partial charge in [-0.3, -0.25) is 9.59 Å². The number of methoxy groups -OCH3 is 1. The SMILES string of the molecule is COC(=O)[CH]C(=O)OC(C)(C)C. The van der Waals surface area contributed by atoms with Crippen molar-refractivity contribution in [3.8, 4) is 0 Å². The molecule has 0 fully saturated rings. The lowest BCUT2D eigenvalue weighted by molar-refractivity contribution is -0.154. The van der Waals surface area contributed by atoms with Crippen LogP contribution < -0.4 is 0 Å². The van der Waals surface area contributed by atoms with Gasteiger partial charge in [0.15, 0.2) is 6.42 Å². The van der Waals surface area contributed by atoms with E-state index in [0.717, 1.165) is 6.42 Å². The van der Waals surface area contributed by atoms with Gasteiger partial charge < -0.3 is 9.47 Å². The summed E-state index contributed by atoms with van der Waals surface area (Å²) in [6, 6.07) is 0. The Labute approximate surface area is 71.8 Å². The molecule has 69 valence electrons. The lowest BCUT2D eigenvalue weighted by Crippen LogP contribution is -2.26. The summed E-state index contributed by atoms with van der Waals surface area (Å²) in [4.78, 5) is 21.4. The van der Waals surface area contributed by atoms with Gasteiger partial charge in [0.2, 0.25) is 0 Å². The van der Waals surface area contributed by atoms with Gasteiger partial charge in [-0.05, 0) is 20.8 Å². The third kappa shape index (κ3) is 5.70. The Hall–Kier alpha value is -1.06. The molecule has 0 bridgehead atoms. The van der Waals surface area contributed by atoms with Crippen LogP contribution in [0.2, 0.25) is 0 Å². The van der Waals surface area contributed by atoms with E-state index in [2.05, 4.69) is 4.74 Å². The van der Waals surface area contributed by atoms with Gasteiger partial charge in [-0.1, -0.05) is 0 Å². The lowest BCUT2D eigenvalue weighted by Gasteiger charge is -2.18. The van der Waals surface area contributed by atoms with Gasteiger partial charge >= 0.3 is 11.9 Å². The van der Waals surface area contributed by atoms with Crippen molar-refractivity contribution in [1.82, 2.24) is 0 Å². The Morgan fingerprint density at radius 2 is 1.67 bits per heavy atom. The number of carbonyl (C=O) groups excluding carboxylic acids is 2. The Bertz CT molecular complexity index is 178. The molecule has 0 aromatic rings. The van der Waals surface area contributed by atoms with Gasteiger partial charge in [0.25, 0.3) is 0 Å². The molecule has 1 radical (unpaired) electrons. The van der Waals surface area contributed by atoms with Crippen molar-refractivity contribution < 1.29 is 19.1 Å². The Morgan fingerprint density at radius 3 is 2.00 bits per heavy atom. The van der Waals surface area contributed by atoms with Crippen molar-refractivity contribution in [3.63, 3.8) is 0 Å². The molecule has 4 heteroatoms. The number of rotatable bonds is 2. The molecule has 0 atom stereocenters. The van der Waals surface area contributed by atoms with Crippen LogP contribution in [0.25, 0.3) is 0 Å². The fourth-order valence-corrected chi connectivity index (χ4v) is 0.486. The van der Waals surface area contributed by atoms with Gasteiger partial charge in [0, 0.05) is 0 Å². The molecule has 0 aromatic carbocycles. The minimum atomic E-state index is -0.704. The molecule has 0 aliphatic carbocycles. The van der Waals surface area contributed by atoms with Gasteiger partial charge in [-0.2, -0.15) is 0 Å². The van der Waals surface area contributed by atoms with Gasteiger partial charge in [0.1, 0.15) is 5.60 Å². The molecule has 0 amide bonds. The first kappa shape index (κ1) is 10.9. The van der Waals surface area contributed by atoms with Crippen molar-refractivity contribution in [2.45, 2.75) is 26.4 Å². The molecule has 0 unspecified atom stereocenters. The summed E-state index contributed by atoms with van der Waals surface area (Å²) in [7, 11) is 1.20. The molecule has 0 spiro atoms. The molecule has 0 aliphatic rings. The summed E-state index contributed by atoms with van der Waals surface area (Å²) in [6.45, 7) is 5.15. The zero-order valence-corrected chi connectivity index (χ0v) is 7.71. The molecule has 0 aromatic heterocycles. The van der Waals surface area contributed by atoms with E-state index in [9.17, 15) is 9.59 Å². The first-order chi connectivity index (χ1) is 5.35. The van der Waals surface area contributed by atoms with Crippen LogP contribution in [-0.4, -0.2) is 24.6 Å². The van der Waals surface area contributed by atoms with E-state index in [-0.39, 0.29) is 0 Å². The Balaban J connectivity index is 3.83. The maximum Gasteiger partial charge on any atom is 0.322 e. The average Bonchev–Trinajstić information content (AvgIpc) is 1.82. The minimum Gasteiger partial charge on any atom is -0.468 e. The second-order valence-electron chi connectivity index (χ2n) is 3.20. The number of ether oxygens (including phenoxy) is 2. The summed E-state index contributed by atoms with van der Waals surface area (Å²) in [5.41, 5.74) is -0.582. The standard InChI is InChI=1S/C8H13O4/c1-8(2,3)12-7(10)5-6(9)11-4/h5H,1-4H3. The first-order valence-electron chi connectivity index (χ1n) is 3.51. The van der Waals surface area contributed by atoms with Crippen LogP contribution in [0.1, 0.15) is 20.8 Å². The second-order valence-corrected chi connectivity index (χ2v) is 3.20. The van der Waals surface area contributed by atoms with E-state index in [1.165, 1.54) is 7.11 Å². The number of carbonyl (C=O) groups is 2. The lowest BCUT2D eigenvalue weighted by atomic mass is 10.2. The van der Waals surface area contributed by atoms with Crippen LogP contribution in [0.15, 0.2) is 0 Å². The highest BCUT2D eigenvalue weighted by Gasteiger charge is 2.19. The third-order valence-electron chi connectivity index (χ3n) is 0.844. The normalized spacial score (nSPS) is 10.7. The highest BCUT2D eigenvalue weighted by Crippen LogP contribution is 2.07. The van der Waals surface area contributed by atoms with Gasteiger partial charge in [0.05, 0.1) is 7.11 Å². The Morgan fingerprint density at radius 1 is 1.17 bits per heavy atom. The molecule has 0 saturated carbocycles. The minimum absolute atomic E-state index is 0.582. The molecular formula is C8H13O4. The van der Waals surface area contributed by atoms with Crippen molar-refractivity contribution in [3.05, 3.63) is 6.42 Å². The zero-order valence-electron chi connectivity index (χ0n) is 7.71. The average molecular weight is 173 g/mol. The van der Waals surface area contributed by atoms with Crippen molar-refractivity contribution in [1.29, 1.82) is 0 Å². The molecule has 12 heavy (non-hydrogen) atoms. The number of esters is 2. The van der Waals surface area contributed by atoms with Crippen LogP contribution in [0.3, 0.4) is 0 Å². The molecular weight excluding hydrogens is 160 g/mol. The molecule has 0 aliphatic heterocycles. The fraction of sp³-hybridized carbons (Fsp3) is 0.625. The van der Waals surface area contributed by atoms with E-state index in [1.807, 2.05) is 0 Å². The predicted molar refractivity (Wildman–Crippen MR) is 42.2 cm³/mol. The summed E-state index contributed by atoms with van der Waals surface area (Å²) < 4.78 is 9.05. The summed E-state index contributed by atoms with van der Waals surface area (Å²) in [5, 5.41) is 0. The Kier molecular flexibility index (Phi) is 3.73. The number of hydrogen-bond donors (Lipinski definition) is 0. The maximum atomic E-state index is 10.8. The number of hydrogen-bond acceptors (Lipinski definition) is 4. The molecule has 0 heterocycles. The fourth-order valence-electron chi connectivity index (χ4n) is 0.486. The highest BCUT2D eigenvalue weighted by atomic mass is 16.6. The van der Waals surface area contributed by atoms with Crippen LogP contribution >= 0.6 is 0 Å². The quantitative estimate of drug-likeness (QED) is 0.455. The zero-order chi connectivity index (χ0) is 9.78. The van der Waals surface area contributed by atoms with E-state index < -0.39 is 17.5 Å². The molecule has 0 N–H and O–H groups in total. The monoisotopic (exact) mass is 173 g/mol. The summed E-state index contributed by atoms with van der Waals surface area (Å²) >= 11 is 0. The van der Waals surface area contributed by atoms with E-state index >= 15 is 0 Å². The summed E-state index contributed by atoms with van der Waals surface area (Å²) in [5.74, 6) is -1.39. The van der Waals surface area contributed by atoms with Gasteiger partial charge in [-0.15, -0.1) is 0 Å². The third-order valence-corrected chi connectivity index (χ3v) is 0.844. The van der Waals surface area contributed by atoms with Crippen molar-refractivity contribution in [2.75, 3.05) is 7.11 Å². The van der Waals surface area contributed by atoms with Crippen molar-refractivity contribution in [2.24, 2.45) is 0 Å². The van der Waals surface area contributed by atoms with Crippen LogP contribution in [0, 0.1) is 6.42 Å². The second kappa shape index (κ2) is 4.09. The van der Waals surface area contributed by atoms with E-state index in [0.29, 0.717) is 0 Å². The van der Waals surface area contributed by atoms with E-state index in [4.69, 9.17) is 4.74 Å². The highest BCUT2D eigenvalue weighted by molar-refractivity contribution is 6.03. The topological polar surface area (TPSA) is 52.6 Å². The van der Waals surface area contributed by atoms with Crippen LogP contribution in [0.4, 0.5) is 0 Å². The molecule has 4 nitrogen and oxygen atoms in total.